The van der Waals surface area contributed by atoms with Gasteiger partial charge in [-0.15, -0.1) is 0 Å². The first-order valence-electron chi connectivity index (χ1n) is 2.97. The molecule has 1 rings (SSSR count). The maximum Gasteiger partial charge on any atom is 0.237 e. The van der Waals surface area contributed by atoms with Crippen LogP contribution in [0.3, 0.4) is 0 Å². The van der Waals surface area contributed by atoms with E-state index in [1.54, 1.807) is 0 Å². The maximum absolute atomic E-state index is 10.4. The number of hydrogen-bond donors (Lipinski definition) is 3. The summed E-state index contributed by atoms with van der Waals surface area (Å²) in [6.45, 7) is -0.218. The van der Waals surface area contributed by atoms with Gasteiger partial charge in [-0.2, -0.15) is 0 Å². The summed E-state index contributed by atoms with van der Waals surface area (Å²) in [5.41, 5.74) is 4.84. The van der Waals surface area contributed by atoms with Crippen LogP contribution in [0.15, 0.2) is 12.1 Å². The van der Waals surface area contributed by atoms with Gasteiger partial charge in [0.25, 0.3) is 0 Å². The SMILES string of the molecule is NC(=O)Cn1c(O)ccc1O. The third kappa shape index (κ3) is 1.43. The lowest BCUT2D eigenvalue weighted by molar-refractivity contribution is -0.118. The van der Waals surface area contributed by atoms with Gasteiger partial charge in [-0.1, -0.05) is 0 Å². The predicted octanol–water partition coefficient (Wildman–Crippen LogP) is -0.615. The molecule has 0 radical (unpaired) electrons. The molecule has 0 unspecified atom stereocenters. The molecule has 4 N–H and O–H groups in total. The minimum absolute atomic E-state index is 0.179. The first kappa shape index (κ1) is 7.46. The number of aromatic hydroxyl groups is 2. The molecule has 1 aromatic heterocycles. The molecular weight excluding hydrogens is 148 g/mol. The lowest BCUT2D eigenvalue weighted by Crippen LogP contribution is -2.17. The molecule has 1 heterocycles. The zero-order valence-corrected chi connectivity index (χ0v) is 5.69. The van der Waals surface area contributed by atoms with Crippen LogP contribution in [-0.4, -0.2) is 20.7 Å². The molecule has 11 heavy (non-hydrogen) atoms. The van der Waals surface area contributed by atoms with Crippen LogP contribution in [0.4, 0.5) is 0 Å². The van der Waals surface area contributed by atoms with E-state index >= 15 is 0 Å². The summed E-state index contributed by atoms with van der Waals surface area (Å²) in [4.78, 5) is 10.4. The van der Waals surface area contributed by atoms with Gasteiger partial charge in [0, 0.05) is 12.1 Å². The van der Waals surface area contributed by atoms with Crippen molar-refractivity contribution in [1.29, 1.82) is 0 Å². The van der Waals surface area contributed by atoms with E-state index in [4.69, 9.17) is 15.9 Å². The third-order valence-corrected chi connectivity index (χ3v) is 1.25. The summed E-state index contributed by atoms with van der Waals surface area (Å²) in [7, 11) is 0. The quantitative estimate of drug-likeness (QED) is 0.533. The second-order valence-electron chi connectivity index (χ2n) is 2.10. The van der Waals surface area contributed by atoms with E-state index in [9.17, 15) is 4.79 Å². The van der Waals surface area contributed by atoms with Crippen LogP contribution in [0.2, 0.25) is 0 Å². The van der Waals surface area contributed by atoms with Crippen LogP contribution >= 0.6 is 0 Å². The van der Waals surface area contributed by atoms with E-state index in [1.807, 2.05) is 0 Å². The standard InChI is InChI=1S/C6H8N2O3/c7-4(9)3-8-5(10)1-2-6(8)11/h1-2,10-11H,3H2,(H2,7,9). The first-order valence-corrected chi connectivity index (χ1v) is 2.97. The Morgan fingerprint density at radius 2 is 1.91 bits per heavy atom. The van der Waals surface area contributed by atoms with Crippen LogP contribution < -0.4 is 5.73 Å². The molecule has 0 fully saturated rings. The van der Waals surface area contributed by atoms with E-state index in [0.29, 0.717) is 0 Å². The van der Waals surface area contributed by atoms with E-state index < -0.39 is 5.91 Å². The van der Waals surface area contributed by atoms with Crippen molar-refractivity contribution in [3.63, 3.8) is 0 Å². The zero-order chi connectivity index (χ0) is 8.43. The highest BCUT2D eigenvalue weighted by Crippen LogP contribution is 2.19. The lowest BCUT2D eigenvalue weighted by Gasteiger charge is -2.01. The Kier molecular flexibility index (Phi) is 1.72. The van der Waals surface area contributed by atoms with Gasteiger partial charge in [0.15, 0.2) is 11.8 Å². The second-order valence-corrected chi connectivity index (χ2v) is 2.10. The molecule has 0 aromatic carbocycles. The minimum atomic E-state index is -0.619. The average molecular weight is 156 g/mol. The molecule has 0 saturated carbocycles. The van der Waals surface area contributed by atoms with E-state index in [2.05, 4.69) is 0 Å². The van der Waals surface area contributed by atoms with Crippen LogP contribution in [0.1, 0.15) is 0 Å². The van der Waals surface area contributed by atoms with Crippen molar-refractivity contribution in [2.45, 2.75) is 6.54 Å². The van der Waals surface area contributed by atoms with Gasteiger partial charge in [-0.3, -0.25) is 9.36 Å². The smallest absolute Gasteiger partial charge is 0.237 e. The highest BCUT2D eigenvalue weighted by molar-refractivity contribution is 5.74. The van der Waals surface area contributed by atoms with Crippen LogP contribution in [0.5, 0.6) is 11.8 Å². The molecule has 1 amide bonds. The van der Waals surface area contributed by atoms with Crippen LogP contribution in [-0.2, 0) is 11.3 Å². The zero-order valence-electron chi connectivity index (χ0n) is 5.69. The molecule has 5 heteroatoms. The highest BCUT2D eigenvalue weighted by Gasteiger charge is 2.06. The van der Waals surface area contributed by atoms with E-state index in [0.717, 1.165) is 4.57 Å². The monoisotopic (exact) mass is 156 g/mol. The largest absolute Gasteiger partial charge is 0.494 e. The number of primary amides is 1. The summed E-state index contributed by atoms with van der Waals surface area (Å²) in [5.74, 6) is -0.977. The number of nitrogens with zero attached hydrogens (tertiary/aromatic N) is 1. The second kappa shape index (κ2) is 2.53. The van der Waals surface area contributed by atoms with Crippen molar-refractivity contribution in [1.82, 2.24) is 4.57 Å². The van der Waals surface area contributed by atoms with Gasteiger partial charge in [0.1, 0.15) is 6.54 Å². The van der Waals surface area contributed by atoms with E-state index in [1.165, 1.54) is 12.1 Å². The van der Waals surface area contributed by atoms with Crippen molar-refractivity contribution in [3.05, 3.63) is 12.1 Å². The van der Waals surface area contributed by atoms with E-state index in [-0.39, 0.29) is 18.3 Å². The molecule has 0 aliphatic heterocycles. The summed E-state index contributed by atoms with van der Waals surface area (Å²) >= 11 is 0. The van der Waals surface area contributed by atoms with Crippen molar-refractivity contribution in [2.24, 2.45) is 5.73 Å². The minimum Gasteiger partial charge on any atom is -0.494 e. The number of carbonyl (C=O) groups is 1. The number of nitrogens with two attached hydrogens (primary N) is 1. The van der Waals surface area contributed by atoms with Crippen LogP contribution in [0.25, 0.3) is 0 Å². The predicted molar refractivity (Wildman–Crippen MR) is 37.0 cm³/mol. The number of carbonyl (C=O) groups excluding carboxylic acids is 1. The van der Waals surface area contributed by atoms with Crippen LogP contribution in [0, 0.1) is 0 Å². The number of hydrogen-bond acceptors (Lipinski definition) is 3. The van der Waals surface area contributed by atoms with Gasteiger partial charge in [0.2, 0.25) is 5.91 Å². The van der Waals surface area contributed by atoms with Crippen molar-refractivity contribution in [3.8, 4) is 11.8 Å². The fraction of sp³-hybridized carbons (Fsp3) is 0.167. The Balaban J connectivity index is 2.92. The third-order valence-electron chi connectivity index (χ3n) is 1.25. The summed E-state index contributed by atoms with van der Waals surface area (Å²) in [5, 5.41) is 18.0. The Hall–Kier alpha value is -1.65. The molecule has 0 atom stereocenters. The fourth-order valence-corrected chi connectivity index (χ4v) is 0.764. The Labute approximate surface area is 62.7 Å². The fourth-order valence-electron chi connectivity index (χ4n) is 0.764. The highest BCUT2D eigenvalue weighted by atomic mass is 16.3. The summed E-state index contributed by atoms with van der Waals surface area (Å²) < 4.78 is 1.00. The first-order chi connectivity index (χ1) is 5.11. The number of amides is 1. The molecule has 0 saturated heterocycles. The average Bonchev–Trinajstić information content (AvgIpc) is 2.18. The molecule has 0 aliphatic rings. The maximum atomic E-state index is 10.4. The molecule has 0 aliphatic carbocycles. The Morgan fingerprint density at radius 3 is 2.27 bits per heavy atom. The molecular formula is C6H8N2O3. The topological polar surface area (TPSA) is 88.5 Å². The van der Waals surface area contributed by atoms with Crippen molar-refractivity contribution in [2.75, 3.05) is 0 Å². The number of aromatic nitrogens is 1. The molecule has 0 spiro atoms. The van der Waals surface area contributed by atoms with Crippen molar-refractivity contribution >= 4 is 5.91 Å². The molecule has 1 aromatic rings. The van der Waals surface area contributed by atoms with Gasteiger partial charge in [-0.25, -0.2) is 0 Å². The summed E-state index contributed by atoms with van der Waals surface area (Å²) in [6.07, 6.45) is 0. The van der Waals surface area contributed by atoms with Gasteiger partial charge < -0.3 is 15.9 Å². The number of rotatable bonds is 2. The Morgan fingerprint density at radius 1 is 1.45 bits per heavy atom. The van der Waals surface area contributed by atoms with Gasteiger partial charge in [-0.05, 0) is 0 Å². The molecule has 0 bridgehead atoms. The van der Waals surface area contributed by atoms with Crippen molar-refractivity contribution < 1.29 is 15.0 Å². The normalized spacial score (nSPS) is 9.82. The summed E-state index contributed by atoms with van der Waals surface area (Å²) in [6, 6.07) is 2.55. The Bertz CT molecular complexity index is 260. The molecule has 60 valence electrons. The lowest BCUT2D eigenvalue weighted by atomic mass is 10.6. The van der Waals surface area contributed by atoms with Gasteiger partial charge >= 0.3 is 0 Å². The molecule has 5 nitrogen and oxygen atoms in total. The van der Waals surface area contributed by atoms with Gasteiger partial charge in [0.05, 0.1) is 0 Å².